The minimum Gasteiger partial charge on any atom is -0.493 e. The largest absolute Gasteiger partial charge is 0.493 e. The van der Waals surface area contributed by atoms with Gasteiger partial charge in [-0.3, -0.25) is 9.59 Å². The van der Waals surface area contributed by atoms with E-state index in [0.717, 1.165) is 11.8 Å². The lowest BCUT2D eigenvalue weighted by Crippen LogP contribution is -2.32. The number of nitrogens with one attached hydrogen (secondary N) is 1. The van der Waals surface area contributed by atoms with Crippen molar-refractivity contribution in [1.82, 2.24) is 5.32 Å². The molecule has 2 aromatic carbocycles. The number of hydrogen-bond donors (Lipinski definition) is 2. The van der Waals surface area contributed by atoms with Gasteiger partial charge in [0.05, 0.1) is 18.2 Å². The molecule has 1 amide bonds. The third-order valence-electron chi connectivity index (χ3n) is 4.10. The van der Waals surface area contributed by atoms with Gasteiger partial charge in [0.2, 0.25) is 0 Å². The monoisotopic (exact) mass is 375 g/mol. The summed E-state index contributed by atoms with van der Waals surface area (Å²) >= 11 is 1.11. The molecule has 1 heterocycles. The van der Waals surface area contributed by atoms with E-state index in [1.54, 1.807) is 37.3 Å². The predicted molar refractivity (Wildman–Crippen MR) is 96.1 cm³/mol. The quantitative estimate of drug-likeness (QED) is 0.781. The number of carbonyl (C=O) groups is 2. The second kappa shape index (κ2) is 7.78. The Kier molecular flexibility index (Phi) is 5.46. The summed E-state index contributed by atoms with van der Waals surface area (Å²) in [5.74, 6) is -1.10. The van der Waals surface area contributed by atoms with Crippen LogP contribution in [0.25, 0.3) is 0 Å². The number of aliphatic carboxylic acids is 1. The van der Waals surface area contributed by atoms with Crippen molar-refractivity contribution in [3.05, 3.63) is 59.4 Å². The van der Waals surface area contributed by atoms with Crippen LogP contribution in [0.15, 0.2) is 47.4 Å². The van der Waals surface area contributed by atoms with Crippen LogP contribution in [0.3, 0.4) is 0 Å². The molecule has 136 valence electrons. The van der Waals surface area contributed by atoms with Crippen molar-refractivity contribution in [2.75, 3.05) is 6.61 Å². The molecule has 5 nitrogen and oxygen atoms in total. The number of thioether (sulfide) groups is 1. The van der Waals surface area contributed by atoms with Crippen molar-refractivity contribution in [3.8, 4) is 5.75 Å². The molecule has 0 saturated heterocycles. The Morgan fingerprint density at radius 3 is 2.85 bits per heavy atom. The second-order valence-electron chi connectivity index (χ2n) is 5.94. The highest BCUT2D eigenvalue weighted by molar-refractivity contribution is 8.00. The zero-order valence-corrected chi connectivity index (χ0v) is 14.9. The summed E-state index contributed by atoms with van der Waals surface area (Å²) in [6, 6.07) is 10.7. The zero-order valence-electron chi connectivity index (χ0n) is 14.1. The van der Waals surface area contributed by atoms with E-state index in [-0.39, 0.29) is 17.8 Å². The molecule has 0 fully saturated rings. The Hall–Kier alpha value is -2.54. The minimum absolute atomic E-state index is 0.326. The van der Waals surface area contributed by atoms with Crippen LogP contribution in [0, 0.1) is 5.82 Å². The Balaban J connectivity index is 1.82. The lowest BCUT2D eigenvalue weighted by Gasteiger charge is -2.27. The minimum atomic E-state index is -0.945. The number of carboxylic acid groups (broad SMARTS) is 1. The Labute approximate surface area is 154 Å². The third-order valence-corrected chi connectivity index (χ3v) is 5.26. The lowest BCUT2D eigenvalue weighted by molar-refractivity contribution is -0.136. The smallest absolute Gasteiger partial charge is 0.316 e. The summed E-state index contributed by atoms with van der Waals surface area (Å²) < 4.78 is 19.1. The number of carbonyl (C=O) groups excluding carboxylic acids is 1. The van der Waals surface area contributed by atoms with Gasteiger partial charge in [-0.2, -0.15) is 0 Å². The molecular formula is C19H18FNO4S. The third kappa shape index (κ3) is 3.99. The number of benzene rings is 2. The molecule has 0 aromatic heterocycles. The molecule has 7 heteroatoms. The molecule has 0 saturated carbocycles. The fraction of sp³-hybridized carbons (Fsp3) is 0.263. The summed E-state index contributed by atoms with van der Waals surface area (Å²) in [7, 11) is 0. The normalized spacial score (nSPS) is 16.9. The van der Waals surface area contributed by atoms with Crippen LogP contribution in [-0.2, 0) is 4.79 Å². The van der Waals surface area contributed by atoms with Gasteiger partial charge in [0.15, 0.2) is 0 Å². The number of rotatable bonds is 5. The van der Waals surface area contributed by atoms with Crippen molar-refractivity contribution in [3.63, 3.8) is 0 Å². The van der Waals surface area contributed by atoms with E-state index in [1.165, 1.54) is 12.1 Å². The van der Waals surface area contributed by atoms with E-state index in [0.29, 0.717) is 34.8 Å². The van der Waals surface area contributed by atoms with Crippen molar-refractivity contribution < 1.29 is 23.8 Å². The van der Waals surface area contributed by atoms with Gasteiger partial charge in [0, 0.05) is 16.9 Å². The Morgan fingerprint density at radius 1 is 1.31 bits per heavy atom. The molecule has 2 unspecified atom stereocenters. The van der Waals surface area contributed by atoms with Gasteiger partial charge in [-0.25, -0.2) is 4.39 Å². The maximum Gasteiger partial charge on any atom is 0.316 e. The number of hydrogen-bond acceptors (Lipinski definition) is 4. The maximum atomic E-state index is 13.6. The first-order chi connectivity index (χ1) is 12.5. The molecule has 0 bridgehead atoms. The van der Waals surface area contributed by atoms with Crippen molar-refractivity contribution in [2.24, 2.45) is 0 Å². The fourth-order valence-corrected chi connectivity index (χ4v) is 3.68. The average Bonchev–Trinajstić information content (AvgIpc) is 2.62. The van der Waals surface area contributed by atoms with E-state index >= 15 is 0 Å². The fourth-order valence-electron chi connectivity index (χ4n) is 2.75. The summed E-state index contributed by atoms with van der Waals surface area (Å²) in [5, 5.41) is 11.3. The summed E-state index contributed by atoms with van der Waals surface area (Å²) in [4.78, 5) is 24.5. The van der Waals surface area contributed by atoms with Crippen molar-refractivity contribution >= 4 is 23.6 Å². The second-order valence-corrected chi connectivity index (χ2v) is 7.32. The van der Waals surface area contributed by atoms with E-state index in [4.69, 9.17) is 9.84 Å². The molecular weight excluding hydrogens is 357 g/mol. The highest BCUT2D eigenvalue weighted by Crippen LogP contribution is 2.33. The van der Waals surface area contributed by atoms with Crippen LogP contribution >= 0.6 is 11.8 Å². The van der Waals surface area contributed by atoms with Crippen LogP contribution in [0.4, 0.5) is 4.39 Å². The zero-order chi connectivity index (χ0) is 18.7. The van der Waals surface area contributed by atoms with E-state index < -0.39 is 11.2 Å². The van der Waals surface area contributed by atoms with Gasteiger partial charge in [-0.15, -0.1) is 11.8 Å². The molecule has 2 N–H and O–H groups in total. The van der Waals surface area contributed by atoms with E-state index in [2.05, 4.69) is 5.32 Å². The van der Waals surface area contributed by atoms with Crippen LogP contribution in [0.5, 0.6) is 5.75 Å². The molecule has 2 aromatic rings. The highest BCUT2D eigenvalue weighted by atomic mass is 32.2. The number of amides is 1. The molecule has 0 radical (unpaired) electrons. The van der Waals surface area contributed by atoms with Gasteiger partial charge in [0.25, 0.3) is 5.91 Å². The molecule has 1 aliphatic heterocycles. The molecule has 3 rings (SSSR count). The first-order valence-electron chi connectivity index (χ1n) is 8.17. The average molecular weight is 375 g/mol. The molecule has 1 aliphatic rings. The van der Waals surface area contributed by atoms with Gasteiger partial charge in [0.1, 0.15) is 16.8 Å². The highest BCUT2D eigenvalue weighted by Gasteiger charge is 2.25. The Morgan fingerprint density at radius 2 is 2.08 bits per heavy atom. The molecule has 0 spiro atoms. The maximum absolute atomic E-state index is 13.6. The van der Waals surface area contributed by atoms with E-state index in [9.17, 15) is 14.0 Å². The Bertz CT molecular complexity index is 842. The predicted octanol–water partition coefficient (Wildman–Crippen LogP) is 3.64. The first kappa shape index (κ1) is 18.3. The molecule has 2 atom stereocenters. The van der Waals surface area contributed by atoms with Gasteiger partial charge >= 0.3 is 5.97 Å². The lowest BCUT2D eigenvalue weighted by atomic mass is 10.00. The van der Waals surface area contributed by atoms with Gasteiger partial charge < -0.3 is 15.2 Å². The number of ether oxygens (including phenoxy) is 1. The van der Waals surface area contributed by atoms with E-state index in [1.807, 2.05) is 0 Å². The van der Waals surface area contributed by atoms with Crippen molar-refractivity contribution in [1.29, 1.82) is 0 Å². The van der Waals surface area contributed by atoms with Gasteiger partial charge in [-0.1, -0.05) is 12.1 Å². The topological polar surface area (TPSA) is 75.6 Å². The van der Waals surface area contributed by atoms with Crippen LogP contribution in [-0.4, -0.2) is 28.8 Å². The number of carboxylic acids is 1. The number of fused-ring (bicyclic) bond motifs is 1. The number of halogens is 1. The first-order valence-corrected chi connectivity index (χ1v) is 9.05. The van der Waals surface area contributed by atoms with Crippen LogP contribution in [0.2, 0.25) is 0 Å². The molecule has 26 heavy (non-hydrogen) atoms. The van der Waals surface area contributed by atoms with Crippen LogP contribution < -0.4 is 10.1 Å². The standard InChI is InChI=1S/C19H18FNO4S/c1-11(19(23)24)26-17-5-3-2-4-13(17)18(22)21-15-8-9-25-16-7-6-12(20)10-14(15)16/h2-7,10-11,15H,8-9H2,1H3,(H,21,22)(H,23,24). The van der Waals surface area contributed by atoms with Gasteiger partial charge in [-0.05, 0) is 37.3 Å². The summed E-state index contributed by atoms with van der Waals surface area (Å²) in [6.07, 6.45) is 0.531. The van der Waals surface area contributed by atoms with Crippen molar-refractivity contribution in [2.45, 2.75) is 29.5 Å². The summed E-state index contributed by atoms with van der Waals surface area (Å²) in [5.41, 5.74) is 1.00. The summed E-state index contributed by atoms with van der Waals surface area (Å²) in [6.45, 7) is 2.00. The molecule has 0 aliphatic carbocycles. The van der Waals surface area contributed by atoms with Crippen LogP contribution in [0.1, 0.15) is 35.3 Å². The SMILES string of the molecule is CC(Sc1ccccc1C(=O)NC1CCOc2ccc(F)cc21)C(=O)O.